The highest BCUT2D eigenvalue weighted by atomic mass is 32.1. The number of furan rings is 2. The summed E-state index contributed by atoms with van der Waals surface area (Å²) in [6.45, 7) is 0. The molecule has 1 aliphatic heterocycles. The van der Waals surface area contributed by atoms with Crippen molar-refractivity contribution in [1.29, 1.82) is 0 Å². The monoisotopic (exact) mass is 679 g/mol. The Morgan fingerprint density at radius 2 is 1.35 bits per heavy atom. The van der Waals surface area contributed by atoms with Gasteiger partial charge in [0.1, 0.15) is 22.3 Å². The number of thiophene rings is 1. The van der Waals surface area contributed by atoms with E-state index in [9.17, 15) is 0 Å². The molecular formula is C45H33N3O2S. The quantitative estimate of drug-likeness (QED) is 0.173. The first-order valence-corrected chi connectivity index (χ1v) is 18.5. The molecule has 3 unspecified atom stereocenters. The summed E-state index contributed by atoms with van der Waals surface area (Å²) in [6.07, 6.45) is 8.68. The third-order valence-corrected chi connectivity index (χ3v) is 11.9. The third kappa shape index (κ3) is 4.72. The number of allylic oxidation sites excluding steroid dienone is 3. The first kappa shape index (κ1) is 29.3. The molecule has 9 aromatic rings. The molecule has 3 atom stereocenters. The van der Waals surface area contributed by atoms with Gasteiger partial charge in [0.15, 0.2) is 0 Å². The maximum atomic E-state index is 6.51. The van der Waals surface area contributed by atoms with Crippen molar-refractivity contribution < 1.29 is 8.83 Å². The van der Waals surface area contributed by atoms with Crippen LogP contribution in [0.1, 0.15) is 36.3 Å². The molecule has 1 saturated heterocycles. The maximum absolute atomic E-state index is 6.51. The van der Waals surface area contributed by atoms with Gasteiger partial charge in [0, 0.05) is 52.8 Å². The lowest BCUT2D eigenvalue weighted by Crippen LogP contribution is -2.59. The summed E-state index contributed by atoms with van der Waals surface area (Å²) in [5.74, 6) is 0. The molecule has 6 aromatic carbocycles. The topological polar surface area (TPSA) is 62.4 Å². The number of benzene rings is 6. The van der Waals surface area contributed by atoms with Crippen LogP contribution in [0.5, 0.6) is 0 Å². The number of rotatable bonds is 4. The molecule has 2 aliphatic rings. The van der Waals surface area contributed by atoms with Crippen LogP contribution in [0, 0.1) is 0 Å². The normalized spacial score (nSPS) is 19.6. The van der Waals surface area contributed by atoms with E-state index >= 15 is 0 Å². The zero-order valence-electron chi connectivity index (χ0n) is 27.7. The van der Waals surface area contributed by atoms with Crippen molar-refractivity contribution in [2.45, 2.75) is 31.3 Å². The molecule has 0 spiro atoms. The zero-order chi connectivity index (χ0) is 33.5. The minimum atomic E-state index is -0.0861. The lowest BCUT2D eigenvalue weighted by Gasteiger charge is -2.41. The van der Waals surface area contributed by atoms with Crippen LogP contribution >= 0.6 is 11.3 Å². The number of hydrogen-bond acceptors (Lipinski definition) is 6. The molecule has 0 bridgehead atoms. The second-order valence-electron chi connectivity index (χ2n) is 13.7. The average molecular weight is 680 g/mol. The third-order valence-electron chi connectivity index (χ3n) is 10.7. The van der Waals surface area contributed by atoms with E-state index in [1.807, 2.05) is 23.5 Å². The van der Waals surface area contributed by atoms with Gasteiger partial charge in [-0.15, -0.1) is 11.3 Å². The summed E-state index contributed by atoms with van der Waals surface area (Å²) in [6, 6.07) is 43.2. The highest BCUT2D eigenvalue weighted by Crippen LogP contribution is 2.41. The van der Waals surface area contributed by atoms with E-state index in [1.165, 1.54) is 36.9 Å². The van der Waals surface area contributed by atoms with Gasteiger partial charge in [-0.1, -0.05) is 103 Å². The van der Waals surface area contributed by atoms with Crippen molar-refractivity contribution >= 4 is 75.4 Å². The van der Waals surface area contributed by atoms with Crippen molar-refractivity contribution in [1.82, 2.24) is 16.0 Å². The molecule has 3 aromatic heterocycles. The van der Waals surface area contributed by atoms with E-state index in [4.69, 9.17) is 8.83 Å². The van der Waals surface area contributed by atoms with Gasteiger partial charge < -0.3 is 8.83 Å². The Kier molecular flexibility index (Phi) is 6.61. The van der Waals surface area contributed by atoms with Gasteiger partial charge in [-0.2, -0.15) is 0 Å². The van der Waals surface area contributed by atoms with Gasteiger partial charge in [0.05, 0.1) is 18.5 Å². The molecule has 1 aliphatic carbocycles. The molecule has 246 valence electrons. The fourth-order valence-corrected chi connectivity index (χ4v) is 9.45. The fourth-order valence-electron chi connectivity index (χ4n) is 8.20. The zero-order valence-corrected chi connectivity index (χ0v) is 28.5. The van der Waals surface area contributed by atoms with Crippen LogP contribution in [0.15, 0.2) is 154 Å². The van der Waals surface area contributed by atoms with Crippen LogP contribution in [-0.4, -0.2) is 6.17 Å². The summed E-state index contributed by atoms with van der Waals surface area (Å²) in [5, 5.41) is 18.9. The van der Waals surface area contributed by atoms with E-state index in [0.717, 1.165) is 67.8 Å². The standard InChI is InChI=1S/C45H33N3O2S/c1-2-10-26(11-3-1)43-46-44(48-45(47-43)35-17-9-16-34-32-13-5-7-19-40(32)51-42(34)35)28-21-23-38-36(24-28)31-22-20-27(25-39(31)49-38)29-14-8-15-33-30-12-4-6-18-37(30)50-41(29)33/h1-2,4-10,12-25,43-48H,3,11H2. The highest BCUT2D eigenvalue weighted by molar-refractivity contribution is 7.26. The lowest BCUT2D eigenvalue weighted by molar-refractivity contribution is 0.220. The van der Waals surface area contributed by atoms with Crippen molar-refractivity contribution in [3.63, 3.8) is 0 Å². The summed E-state index contributed by atoms with van der Waals surface area (Å²) < 4.78 is 15.5. The summed E-state index contributed by atoms with van der Waals surface area (Å²) in [7, 11) is 0. The van der Waals surface area contributed by atoms with E-state index in [2.05, 4.69) is 143 Å². The van der Waals surface area contributed by atoms with E-state index in [0.29, 0.717) is 0 Å². The van der Waals surface area contributed by atoms with E-state index in [-0.39, 0.29) is 18.5 Å². The molecule has 0 radical (unpaired) electrons. The molecule has 6 heteroatoms. The minimum absolute atomic E-state index is 0.0242. The predicted octanol–water partition coefficient (Wildman–Crippen LogP) is 11.6. The van der Waals surface area contributed by atoms with E-state index in [1.54, 1.807) is 0 Å². The van der Waals surface area contributed by atoms with Crippen molar-refractivity contribution in [2.75, 3.05) is 0 Å². The van der Waals surface area contributed by atoms with Gasteiger partial charge in [-0.3, -0.25) is 16.0 Å². The molecule has 0 saturated carbocycles. The largest absolute Gasteiger partial charge is 0.456 e. The molecule has 51 heavy (non-hydrogen) atoms. The molecule has 11 rings (SSSR count). The Morgan fingerprint density at radius 3 is 2.29 bits per heavy atom. The van der Waals surface area contributed by atoms with E-state index < -0.39 is 0 Å². The van der Waals surface area contributed by atoms with Crippen LogP contribution in [0.3, 0.4) is 0 Å². The molecule has 3 N–H and O–H groups in total. The average Bonchev–Trinajstić information content (AvgIpc) is 3.88. The lowest BCUT2D eigenvalue weighted by atomic mass is 9.98. The minimum Gasteiger partial charge on any atom is -0.456 e. The second kappa shape index (κ2) is 11.5. The van der Waals surface area contributed by atoms with Crippen LogP contribution in [0.4, 0.5) is 0 Å². The first-order valence-electron chi connectivity index (χ1n) is 17.7. The Hall–Kier alpha value is -5.50. The van der Waals surface area contributed by atoms with Crippen LogP contribution in [0.25, 0.3) is 75.2 Å². The van der Waals surface area contributed by atoms with Gasteiger partial charge in [-0.25, -0.2) is 0 Å². The van der Waals surface area contributed by atoms with Crippen molar-refractivity contribution in [2.24, 2.45) is 0 Å². The Labute approximate surface area is 297 Å². The Bertz CT molecular complexity index is 2890. The highest BCUT2D eigenvalue weighted by Gasteiger charge is 2.32. The fraction of sp³-hybridized carbons (Fsp3) is 0.111. The summed E-state index contributed by atoms with van der Waals surface area (Å²) in [4.78, 5) is 0. The number of nitrogens with one attached hydrogen (secondary N) is 3. The molecular weight excluding hydrogens is 647 g/mol. The van der Waals surface area contributed by atoms with Gasteiger partial charge in [0.2, 0.25) is 0 Å². The van der Waals surface area contributed by atoms with Crippen LogP contribution < -0.4 is 16.0 Å². The molecule has 1 fully saturated rings. The Balaban J connectivity index is 0.990. The predicted molar refractivity (Wildman–Crippen MR) is 211 cm³/mol. The molecule has 5 nitrogen and oxygen atoms in total. The smallest absolute Gasteiger partial charge is 0.143 e. The summed E-state index contributed by atoms with van der Waals surface area (Å²) >= 11 is 1.88. The number of hydrogen-bond donors (Lipinski definition) is 3. The first-order chi connectivity index (χ1) is 25.2. The SMILES string of the molecule is C1=CCCC(C2NC(c3ccc4oc5cc(-c6cccc7c6oc6ccccc67)ccc5c4c3)NC(c3cccc4c3sc3ccccc34)N2)=C1. The van der Waals surface area contributed by atoms with Gasteiger partial charge >= 0.3 is 0 Å². The molecule has 4 heterocycles. The maximum Gasteiger partial charge on any atom is 0.143 e. The summed E-state index contributed by atoms with van der Waals surface area (Å²) in [5.41, 5.74) is 9.51. The van der Waals surface area contributed by atoms with Crippen LogP contribution in [0.2, 0.25) is 0 Å². The van der Waals surface area contributed by atoms with Gasteiger partial charge in [-0.05, 0) is 65.9 Å². The number of para-hydroxylation sites is 2. The Morgan fingerprint density at radius 1 is 0.569 bits per heavy atom. The number of fused-ring (bicyclic) bond motifs is 9. The van der Waals surface area contributed by atoms with Gasteiger partial charge in [0.25, 0.3) is 0 Å². The second-order valence-corrected chi connectivity index (χ2v) is 14.7. The van der Waals surface area contributed by atoms with Crippen LogP contribution in [-0.2, 0) is 0 Å². The van der Waals surface area contributed by atoms with Crippen molar-refractivity contribution in [3.05, 3.63) is 156 Å². The molecule has 0 amide bonds. The van der Waals surface area contributed by atoms with Crippen molar-refractivity contribution in [3.8, 4) is 11.1 Å².